The van der Waals surface area contributed by atoms with E-state index in [0.717, 1.165) is 19.5 Å². The third-order valence-electron chi connectivity index (χ3n) is 3.20. The molecule has 1 aromatic heterocycles. The quantitative estimate of drug-likeness (QED) is 0.823. The first-order chi connectivity index (χ1) is 8.27. The van der Waals surface area contributed by atoms with Crippen LogP contribution in [0.2, 0.25) is 0 Å². The van der Waals surface area contributed by atoms with E-state index in [-0.39, 0.29) is 5.91 Å². The van der Waals surface area contributed by atoms with Crippen LogP contribution in [0.15, 0.2) is 10.8 Å². The van der Waals surface area contributed by atoms with E-state index < -0.39 is 0 Å². The zero-order valence-corrected chi connectivity index (χ0v) is 10.2. The Morgan fingerprint density at radius 1 is 1.71 bits per heavy atom. The van der Waals surface area contributed by atoms with E-state index in [2.05, 4.69) is 15.6 Å². The van der Waals surface area contributed by atoms with Gasteiger partial charge in [0.2, 0.25) is 0 Å². The molecule has 1 amide bonds. The molecule has 0 bridgehead atoms. The summed E-state index contributed by atoms with van der Waals surface area (Å²) in [7, 11) is 0. The topological polar surface area (TPSA) is 67.2 Å². The smallest absolute Gasteiger partial charge is 0.273 e. The molecule has 1 saturated heterocycles. The minimum absolute atomic E-state index is 0.139. The predicted molar refractivity (Wildman–Crippen MR) is 63.8 cm³/mol. The van der Waals surface area contributed by atoms with Crippen molar-refractivity contribution in [2.45, 2.75) is 26.2 Å². The number of aromatic nitrogens is 1. The SMILES string of the molecule is Cc1ocnc1C(=O)NCCC1CCCNC1. The number of piperidine rings is 1. The maximum Gasteiger partial charge on any atom is 0.273 e. The Balaban J connectivity index is 1.71. The van der Waals surface area contributed by atoms with Crippen LogP contribution in [0.5, 0.6) is 0 Å². The summed E-state index contributed by atoms with van der Waals surface area (Å²) in [6, 6.07) is 0. The van der Waals surface area contributed by atoms with Gasteiger partial charge in [0.25, 0.3) is 5.91 Å². The Hall–Kier alpha value is -1.36. The molecule has 17 heavy (non-hydrogen) atoms. The molecule has 2 N–H and O–H groups in total. The minimum Gasteiger partial charge on any atom is -0.448 e. The van der Waals surface area contributed by atoms with Crippen molar-refractivity contribution in [2.75, 3.05) is 19.6 Å². The number of nitrogens with one attached hydrogen (secondary N) is 2. The minimum atomic E-state index is -0.139. The van der Waals surface area contributed by atoms with Crippen LogP contribution in [-0.4, -0.2) is 30.5 Å². The third-order valence-corrected chi connectivity index (χ3v) is 3.20. The predicted octanol–water partition coefficient (Wildman–Crippen LogP) is 1.10. The van der Waals surface area contributed by atoms with Crippen molar-refractivity contribution in [2.24, 2.45) is 5.92 Å². The first-order valence-corrected chi connectivity index (χ1v) is 6.16. The fraction of sp³-hybridized carbons (Fsp3) is 0.667. The van der Waals surface area contributed by atoms with Crippen LogP contribution in [0.1, 0.15) is 35.5 Å². The maximum atomic E-state index is 11.7. The molecule has 0 aliphatic carbocycles. The number of oxazole rings is 1. The molecule has 2 heterocycles. The standard InChI is InChI=1S/C12H19N3O2/c1-9-11(15-8-17-9)12(16)14-6-4-10-3-2-5-13-7-10/h8,10,13H,2-7H2,1H3,(H,14,16). The number of amides is 1. The second-order valence-electron chi connectivity index (χ2n) is 4.51. The van der Waals surface area contributed by atoms with Gasteiger partial charge in [0, 0.05) is 6.54 Å². The molecule has 94 valence electrons. The van der Waals surface area contributed by atoms with Gasteiger partial charge in [-0.15, -0.1) is 0 Å². The second-order valence-corrected chi connectivity index (χ2v) is 4.51. The van der Waals surface area contributed by atoms with Crippen molar-refractivity contribution in [3.8, 4) is 0 Å². The average molecular weight is 237 g/mol. The Labute approximate surface area is 101 Å². The van der Waals surface area contributed by atoms with Crippen LogP contribution in [-0.2, 0) is 0 Å². The van der Waals surface area contributed by atoms with Gasteiger partial charge in [-0.05, 0) is 45.2 Å². The molecule has 1 aliphatic rings. The summed E-state index contributed by atoms with van der Waals surface area (Å²) >= 11 is 0. The summed E-state index contributed by atoms with van der Waals surface area (Å²) in [4.78, 5) is 15.6. The molecular weight excluding hydrogens is 218 g/mol. The lowest BCUT2D eigenvalue weighted by Crippen LogP contribution is -2.33. The van der Waals surface area contributed by atoms with Crippen LogP contribution in [0.4, 0.5) is 0 Å². The molecule has 1 unspecified atom stereocenters. The van der Waals surface area contributed by atoms with Gasteiger partial charge in [-0.25, -0.2) is 4.98 Å². The molecule has 2 rings (SSSR count). The first-order valence-electron chi connectivity index (χ1n) is 6.16. The van der Waals surface area contributed by atoms with Gasteiger partial charge in [0.05, 0.1) is 0 Å². The molecule has 1 atom stereocenters. The van der Waals surface area contributed by atoms with E-state index in [0.29, 0.717) is 23.9 Å². The Morgan fingerprint density at radius 3 is 3.24 bits per heavy atom. The van der Waals surface area contributed by atoms with Crippen molar-refractivity contribution in [3.63, 3.8) is 0 Å². The molecule has 5 nitrogen and oxygen atoms in total. The highest BCUT2D eigenvalue weighted by atomic mass is 16.3. The van der Waals surface area contributed by atoms with E-state index in [1.165, 1.54) is 19.2 Å². The molecule has 0 aromatic carbocycles. The highest BCUT2D eigenvalue weighted by Gasteiger charge is 2.15. The maximum absolute atomic E-state index is 11.7. The Bertz CT molecular complexity index is 370. The second kappa shape index (κ2) is 5.82. The van der Waals surface area contributed by atoms with E-state index in [9.17, 15) is 4.79 Å². The monoisotopic (exact) mass is 237 g/mol. The molecule has 5 heteroatoms. The highest BCUT2D eigenvalue weighted by molar-refractivity contribution is 5.92. The number of aryl methyl sites for hydroxylation is 1. The number of carbonyl (C=O) groups excluding carboxylic acids is 1. The van der Waals surface area contributed by atoms with E-state index in [1.807, 2.05) is 0 Å². The molecule has 0 saturated carbocycles. The van der Waals surface area contributed by atoms with Crippen molar-refractivity contribution in [1.29, 1.82) is 0 Å². The lowest BCUT2D eigenvalue weighted by Gasteiger charge is -2.22. The van der Waals surface area contributed by atoms with Crippen LogP contribution in [0, 0.1) is 12.8 Å². The van der Waals surface area contributed by atoms with Gasteiger partial charge in [-0.1, -0.05) is 0 Å². The molecule has 0 spiro atoms. The van der Waals surface area contributed by atoms with Crippen LogP contribution in [0.25, 0.3) is 0 Å². The first kappa shape index (κ1) is 12.1. The van der Waals surface area contributed by atoms with Crippen molar-refractivity contribution < 1.29 is 9.21 Å². The van der Waals surface area contributed by atoms with Crippen LogP contribution < -0.4 is 10.6 Å². The van der Waals surface area contributed by atoms with E-state index in [1.54, 1.807) is 6.92 Å². The number of carbonyl (C=O) groups is 1. The van der Waals surface area contributed by atoms with Gasteiger partial charge >= 0.3 is 0 Å². The van der Waals surface area contributed by atoms with Gasteiger partial charge in [-0.3, -0.25) is 4.79 Å². The summed E-state index contributed by atoms with van der Waals surface area (Å²) in [6.45, 7) is 4.64. The van der Waals surface area contributed by atoms with E-state index >= 15 is 0 Å². The fourth-order valence-electron chi connectivity index (χ4n) is 2.17. The number of nitrogens with zero attached hydrogens (tertiary/aromatic N) is 1. The van der Waals surface area contributed by atoms with Gasteiger partial charge in [-0.2, -0.15) is 0 Å². The fourth-order valence-corrected chi connectivity index (χ4v) is 2.17. The molecule has 0 radical (unpaired) electrons. The number of rotatable bonds is 4. The number of hydrogen-bond donors (Lipinski definition) is 2. The summed E-state index contributed by atoms with van der Waals surface area (Å²) < 4.78 is 5.00. The Morgan fingerprint density at radius 2 is 2.59 bits per heavy atom. The summed E-state index contributed by atoms with van der Waals surface area (Å²) in [5.74, 6) is 1.12. The van der Waals surface area contributed by atoms with Crippen LogP contribution >= 0.6 is 0 Å². The van der Waals surface area contributed by atoms with Gasteiger partial charge in [0.15, 0.2) is 12.1 Å². The number of hydrogen-bond acceptors (Lipinski definition) is 4. The largest absolute Gasteiger partial charge is 0.448 e. The zero-order chi connectivity index (χ0) is 12.1. The molecule has 1 aromatic rings. The Kier molecular flexibility index (Phi) is 4.14. The van der Waals surface area contributed by atoms with Gasteiger partial charge < -0.3 is 15.1 Å². The summed E-state index contributed by atoms with van der Waals surface area (Å²) in [6.07, 6.45) is 4.82. The molecular formula is C12H19N3O2. The average Bonchev–Trinajstić information content (AvgIpc) is 2.77. The van der Waals surface area contributed by atoms with Crippen LogP contribution in [0.3, 0.4) is 0 Å². The lowest BCUT2D eigenvalue weighted by molar-refractivity contribution is 0.0945. The van der Waals surface area contributed by atoms with Crippen molar-refractivity contribution in [3.05, 3.63) is 17.8 Å². The van der Waals surface area contributed by atoms with E-state index in [4.69, 9.17) is 4.42 Å². The lowest BCUT2D eigenvalue weighted by atomic mass is 9.96. The normalized spacial score (nSPS) is 20.2. The van der Waals surface area contributed by atoms with Crippen molar-refractivity contribution in [1.82, 2.24) is 15.6 Å². The zero-order valence-electron chi connectivity index (χ0n) is 10.2. The van der Waals surface area contributed by atoms with Crippen molar-refractivity contribution >= 4 is 5.91 Å². The third kappa shape index (κ3) is 3.30. The summed E-state index contributed by atoms with van der Waals surface area (Å²) in [5, 5.41) is 6.25. The van der Waals surface area contributed by atoms with Gasteiger partial charge in [0.1, 0.15) is 5.76 Å². The highest BCUT2D eigenvalue weighted by Crippen LogP contribution is 2.13. The summed E-state index contributed by atoms with van der Waals surface area (Å²) in [5.41, 5.74) is 0.395. The molecule has 1 fully saturated rings. The molecule has 1 aliphatic heterocycles.